The maximum absolute atomic E-state index is 13.3. The Morgan fingerprint density at radius 3 is 2.14 bits per heavy atom. The van der Waals surface area contributed by atoms with Gasteiger partial charge in [0.25, 0.3) is 0 Å². The number of nitrogens with two attached hydrogens (primary N) is 1. The van der Waals surface area contributed by atoms with Gasteiger partial charge in [0.05, 0.1) is 19.0 Å². The Morgan fingerprint density at radius 2 is 1.59 bits per heavy atom. The van der Waals surface area contributed by atoms with Crippen LogP contribution in [-0.2, 0) is 32.0 Å². The molecule has 0 saturated heterocycles. The smallest absolute Gasteiger partial charge is 0.328 e. The lowest BCUT2D eigenvalue weighted by Crippen LogP contribution is -2.58. The topological polar surface area (TPSA) is 220 Å². The molecule has 0 aliphatic carbocycles. The average Bonchev–Trinajstić information content (AvgIpc) is 3.38. The van der Waals surface area contributed by atoms with E-state index in [9.17, 15) is 34.5 Å². The Balaban J connectivity index is 2.25. The number of thioether (sulfide) groups is 1. The van der Waals surface area contributed by atoms with Crippen molar-refractivity contribution in [2.24, 2.45) is 5.73 Å². The van der Waals surface area contributed by atoms with Gasteiger partial charge in [-0.1, -0.05) is 12.1 Å². The Morgan fingerprint density at radius 1 is 1.00 bits per heavy atom. The number of aromatic amines is 1. The van der Waals surface area contributed by atoms with E-state index in [2.05, 4.69) is 25.9 Å². The number of hydrogen-bond donors (Lipinski definition) is 8. The minimum atomic E-state index is -1.57. The van der Waals surface area contributed by atoms with Crippen molar-refractivity contribution < 1.29 is 34.5 Å². The van der Waals surface area contributed by atoms with Crippen LogP contribution in [0.5, 0.6) is 5.75 Å². The second kappa shape index (κ2) is 14.8. The first-order valence-corrected chi connectivity index (χ1v) is 12.8. The van der Waals surface area contributed by atoms with Crippen LogP contribution in [0.25, 0.3) is 0 Å². The Labute approximate surface area is 217 Å². The normalized spacial score (nSPS) is 14.1. The van der Waals surface area contributed by atoms with E-state index in [1.165, 1.54) is 36.4 Å². The molecule has 2 aromatic rings. The van der Waals surface area contributed by atoms with Crippen molar-refractivity contribution in [3.05, 3.63) is 48.0 Å². The molecule has 4 atom stereocenters. The molecule has 0 fully saturated rings. The van der Waals surface area contributed by atoms with Crippen LogP contribution in [-0.4, -0.2) is 91.8 Å². The number of carboxylic acid groups (broad SMARTS) is 1. The van der Waals surface area contributed by atoms with Crippen LogP contribution < -0.4 is 21.7 Å². The van der Waals surface area contributed by atoms with E-state index in [0.717, 1.165) is 0 Å². The molecule has 0 saturated carbocycles. The number of nitrogens with zero attached hydrogens (tertiary/aromatic N) is 1. The first-order valence-electron chi connectivity index (χ1n) is 11.4. The van der Waals surface area contributed by atoms with Crippen molar-refractivity contribution in [1.82, 2.24) is 25.9 Å². The third-order valence-corrected chi connectivity index (χ3v) is 6.03. The summed E-state index contributed by atoms with van der Waals surface area (Å²) in [6, 6.07) is 1.22. The molecule has 0 aliphatic rings. The highest BCUT2D eigenvalue weighted by Gasteiger charge is 2.30. The molecule has 3 amide bonds. The molecule has 1 heterocycles. The number of aromatic hydroxyl groups is 1. The number of phenols is 1. The van der Waals surface area contributed by atoms with Crippen molar-refractivity contribution in [2.75, 3.05) is 18.6 Å². The maximum atomic E-state index is 13.3. The maximum Gasteiger partial charge on any atom is 0.328 e. The van der Waals surface area contributed by atoms with E-state index in [1.54, 1.807) is 12.1 Å². The van der Waals surface area contributed by atoms with Crippen molar-refractivity contribution in [3.8, 4) is 5.75 Å². The SMILES string of the molecule is CSCCC(N)C(=O)NC(Cc1ccc(O)cc1)C(=O)NC(Cc1cnc[nH]1)C(=O)NC(CO)C(=O)O. The zero-order valence-electron chi connectivity index (χ0n) is 20.2. The number of nitrogens with one attached hydrogen (secondary N) is 4. The number of H-pyrrole nitrogens is 1. The minimum absolute atomic E-state index is 0.0277. The van der Waals surface area contributed by atoms with Gasteiger partial charge in [0.15, 0.2) is 0 Å². The average molecular weight is 537 g/mol. The summed E-state index contributed by atoms with van der Waals surface area (Å²) in [5.41, 5.74) is 7.06. The highest BCUT2D eigenvalue weighted by atomic mass is 32.2. The molecule has 14 heteroatoms. The Bertz CT molecular complexity index is 1030. The standard InChI is InChI=1S/C23H32N6O7S/c1-37-7-6-16(24)20(32)27-17(8-13-2-4-15(31)5-3-13)21(33)28-18(9-14-10-25-12-26-14)22(34)29-19(11-30)23(35)36/h2-5,10,12,16-19,30-31H,6-9,11,24H2,1H3,(H,25,26)(H,27,32)(H,28,33)(H,29,34)(H,35,36). The monoisotopic (exact) mass is 536 g/mol. The summed E-state index contributed by atoms with van der Waals surface area (Å²) in [5, 5.41) is 35.4. The van der Waals surface area contributed by atoms with Crippen LogP contribution in [0.15, 0.2) is 36.8 Å². The fourth-order valence-electron chi connectivity index (χ4n) is 3.29. The molecule has 1 aromatic carbocycles. The second-order valence-electron chi connectivity index (χ2n) is 8.24. The highest BCUT2D eigenvalue weighted by molar-refractivity contribution is 7.98. The second-order valence-corrected chi connectivity index (χ2v) is 9.23. The number of rotatable bonds is 15. The zero-order valence-corrected chi connectivity index (χ0v) is 21.0. The fourth-order valence-corrected chi connectivity index (χ4v) is 3.78. The number of phenolic OH excluding ortho intramolecular Hbond substituents is 1. The lowest BCUT2D eigenvalue weighted by Gasteiger charge is -2.25. The lowest BCUT2D eigenvalue weighted by atomic mass is 10.0. The van der Waals surface area contributed by atoms with Crippen molar-refractivity contribution in [3.63, 3.8) is 0 Å². The van der Waals surface area contributed by atoms with Crippen molar-refractivity contribution >= 4 is 35.5 Å². The number of imidazole rings is 1. The molecular formula is C23H32N6O7S. The number of carboxylic acids is 1. The number of aliphatic hydroxyl groups is 1. The van der Waals surface area contributed by atoms with E-state index in [-0.39, 0.29) is 18.6 Å². The predicted molar refractivity (Wildman–Crippen MR) is 136 cm³/mol. The van der Waals surface area contributed by atoms with Gasteiger partial charge in [0.2, 0.25) is 17.7 Å². The van der Waals surface area contributed by atoms with Crippen LogP contribution in [0.3, 0.4) is 0 Å². The number of benzene rings is 1. The van der Waals surface area contributed by atoms with Gasteiger partial charge in [0.1, 0.15) is 23.9 Å². The van der Waals surface area contributed by atoms with Crippen LogP contribution in [0, 0.1) is 0 Å². The summed E-state index contributed by atoms with van der Waals surface area (Å²) in [4.78, 5) is 56.8. The van der Waals surface area contributed by atoms with Gasteiger partial charge < -0.3 is 42.0 Å². The number of aliphatic hydroxyl groups excluding tert-OH is 1. The summed E-state index contributed by atoms with van der Waals surface area (Å²) in [5.74, 6) is -2.88. The zero-order chi connectivity index (χ0) is 27.4. The van der Waals surface area contributed by atoms with Gasteiger partial charge in [-0.3, -0.25) is 14.4 Å². The first kappa shape index (κ1) is 29.6. The quantitative estimate of drug-likeness (QED) is 0.132. The number of amides is 3. The summed E-state index contributed by atoms with van der Waals surface area (Å²) in [6.45, 7) is -0.848. The third-order valence-electron chi connectivity index (χ3n) is 5.39. The molecule has 0 aliphatic heterocycles. The highest BCUT2D eigenvalue weighted by Crippen LogP contribution is 2.12. The number of aromatic nitrogens is 2. The largest absolute Gasteiger partial charge is 0.508 e. The molecule has 13 nitrogen and oxygen atoms in total. The van der Waals surface area contributed by atoms with E-state index in [1.807, 2.05) is 6.26 Å². The van der Waals surface area contributed by atoms with E-state index >= 15 is 0 Å². The van der Waals surface area contributed by atoms with Crippen molar-refractivity contribution in [1.29, 1.82) is 0 Å². The van der Waals surface area contributed by atoms with E-state index < -0.39 is 54.5 Å². The van der Waals surface area contributed by atoms with Gasteiger partial charge in [0, 0.05) is 24.7 Å². The Hall–Kier alpha value is -3.62. The van der Waals surface area contributed by atoms with E-state index in [0.29, 0.717) is 23.4 Å². The van der Waals surface area contributed by atoms with Crippen LogP contribution in [0.1, 0.15) is 17.7 Å². The summed E-state index contributed by atoms with van der Waals surface area (Å²) in [7, 11) is 0. The molecule has 0 bridgehead atoms. The summed E-state index contributed by atoms with van der Waals surface area (Å²) >= 11 is 1.52. The summed E-state index contributed by atoms with van der Waals surface area (Å²) in [6.07, 6.45) is 5.05. The Kier molecular flexibility index (Phi) is 11.9. The van der Waals surface area contributed by atoms with Gasteiger partial charge in [-0.05, 0) is 36.1 Å². The molecule has 0 radical (unpaired) electrons. The minimum Gasteiger partial charge on any atom is -0.508 e. The van der Waals surface area contributed by atoms with Crippen LogP contribution in [0.4, 0.5) is 0 Å². The molecule has 4 unspecified atom stereocenters. The molecule has 37 heavy (non-hydrogen) atoms. The van der Waals surface area contributed by atoms with Crippen molar-refractivity contribution in [2.45, 2.75) is 43.4 Å². The molecule has 9 N–H and O–H groups in total. The fraction of sp³-hybridized carbons (Fsp3) is 0.435. The van der Waals surface area contributed by atoms with Gasteiger partial charge >= 0.3 is 5.97 Å². The third kappa shape index (κ3) is 9.74. The van der Waals surface area contributed by atoms with Crippen LogP contribution >= 0.6 is 11.8 Å². The number of carbonyl (C=O) groups excluding carboxylic acids is 3. The molecule has 202 valence electrons. The lowest BCUT2D eigenvalue weighted by molar-refractivity contribution is -0.143. The van der Waals surface area contributed by atoms with Crippen LogP contribution in [0.2, 0.25) is 0 Å². The van der Waals surface area contributed by atoms with Gasteiger partial charge in [-0.25, -0.2) is 9.78 Å². The number of carbonyl (C=O) groups is 4. The molecule has 1 aromatic heterocycles. The van der Waals surface area contributed by atoms with Gasteiger partial charge in [-0.2, -0.15) is 11.8 Å². The first-order chi connectivity index (χ1) is 17.6. The number of aliphatic carboxylic acids is 1. The van der Waals surface area contributed by atoms with Gasteiger partial charge in [-0.15, -0.1) is 0 Å². The molecule has 0 spiro atoms. The van der Waals surface area contributed by atoms with E-state index in [4.69, 9.17) is 5.73 Å². The number of hydrogen-bond acceptors (Lipinski definition) is 9. The molecular weight excluding hydrogens is 504 g/mol. The molecule has 2 rings (SSSR count). The summed E-state index contributed by atoms with van der Waals surface area (Å²) < 4.78 is 0. The predicted octanol–water partition coefficient (Wildman–Crippen LogP) is -1.49.